The molecular weight excluding hydrogens is 212 g/mol. The van der Waals surface area contributed by atoms with Crippen LogP contribution < -0.4 is 5.73 Å². The summed E-state index contributed by atoms with van der Waals surface area (Å²) in [5.74, 6) is 1.79. The Bertz CT molecular complexity index is 228. The molecule has 0 aromatic rings. The smallest absolute Gasteiger partial charge is 0.222 e. The molecule has 3 nitrogen and oxygen atoms in total. The van der Waals surface area contributed by atoms with E-state index in [4.69, 9.17) is 5.73 Å². The van der Waals surface area contributed by atoms with E-state index in [2.05, 4.69) is 18.7 Å². The maximum Gasteiger partial charge on any atom is 0.222 e. The summed E-state index contributed by atoms with van der Waals surface area (Å²) in [4.78, 5) is 14.0. The van der Waals surface area contributed by atoms with Crippen molar-refractivity contribution in [1.82, 2.24) is 4.90 Å². The van der Waals surface area contributed by atoms with E-state index in [0.29, 0.717) is 11.8 Å². The highest BCUT2D eigenvalue weighted by molar-refractivity contribution is 5.76. The first kappa shape index (κ1) is 14.5. The SMILES string of the molecule is CC(C)C1CCN(C(=O)CCCCCCN)C1. The molecule has 100 valence electrons. The number of nitrogens with zero attached hydrogens (tertiary/aromatic N) is 1. The standard InChI is InChI=1S/C14H28N2O/c1-12(2)13-8-10-16(11-13)14(17)7-5-3-4-6-9-15/h12-13H,3-11,15H2,1-2H3. The number of unbranched alkanes of at least 4 members (excludes halogenated alkanes) is 3. The fourth-order valence-corrected chi connectivity index (χ4v) is 2.49. The van der Waals surface area contributed by atoms with Gasteiger partial charge in [-0.25, -0.2) is 0 Å². The number of rotatable bonds is 7. The molecule has 0 aromatic carbocycles. The fraction of sp³-hybridized carbons (Fsp3) is 0.929. The van der Waals surface area contributed by atoms with Crippen LogP contribution >= 0.6 is 0 Å². The lowest BCUT2D eigenvalue weighted by Gasteiger charge is -2.18. The van der Waals surface area contributed by atoms with Crippen molar-refractivity contribution in [3.63, 3.8) is 0 Å². The number of carbonyl (C=O) groups is 1. The first-order valence-electron chi connectivity index (χ1n) is 7.13. The second-order valence-corrected chi connectivity index (χ2v) is 5.59. The summed E-state index contributed by atoms with van der Waals surface area (Å²) >= 11 is 0. The van der Waals surface area contributed by atoms with Crippen molar-refractivity contribution in [1.29, 1.82) is 0 Å². The average Bonchev–Trinajstić information content (AvgIpc) is 2.78. The predicted molar refractivity (Wildman–Crippen MR) is 71.7 cm³/mol. The molecule has 1 atom stereocenters. The summed E-state index contributed by atoms with van der Waals surface area (Å²) in [6.45, 7) is 7.25. The quantitative estimate of drug-likeness (QED) is 0.695. The van der Waals surface area contributed by atoms with E-state index in [1.54, 1.807) is 0 Å². The maximum absolute atomic E-state index is 11.9. The zero-order valence-electron chi connectivity index (χ0n) is 11.5. The summed E-state index contributed by atoms with van der Waals surface area (Å²) in [5, 5.41) is 0. The summed E-state index contributed by atoms with van der Waals surface area (Å²) < 4.78 is 0. The van der Waals surface area contributed by atoms with Gasteiger partial charge < -0.3 is 10.6 Å². The second-order valence-electron chi connectivity index (χ2n) is 5.59. The zero-order chi connectivity index (χ0) is 12.7. The lowest BCUT2D eigenvalue weighted by molar-refractivity contribution is -0.130. The highest BCUT2D eigenvalue weighted by atomic mass is 16.2. The van der Waals surface area contributed by atoms with E-state index in [1.165, 1.54) is 12.8 Å². The minimum Gasteiger partial charge on any atom is -0.342 e. The number of hydrogen-bond acceptors (Lipinski definition) is 2. The van der Waals surface area contributed by atoms with Crippen LogP contribution in [0.1, 0.15) is 52.4 Å². The van der Waals surface area contributed by atoms with E-state index in [-0.39, 0.29) is 0 Å². The number of nitrogens with two attached hydrogens (primary N) is 1. The van der Waals surface area contributed by atoms with E-state index in [9.17, 15) is 4.79 Å². The van der Waals surface area contributed by atoms with Crippen molar-refractivity contribution >= 4 is 5.91 Å². The highest BCUT2D eigenvalue weighted by Gasteiger charge is 2.27. The largest absolute Gasteiger partial charge is 0.342 e. The molecule has 0 aromatic heterocycles. The Labute approximate surface area is 106 Å². The van der Waals surface area contributed by atoms with Gasteiger partial charge in [0.25, 0.3) is 0 Å². The molecule has 1 heterocycles. The third-order valence-corrected chi connectivity index (χ3v) is 3.86. The summed E-state index contributed by atoms with van der Waals surface area (Å²) in [5.41, 5.74) is 5.44. The maximum atomic E-state index is 11.9. The van der Waals surface area contributed by atoms with E-state index in [0.717, 1.165) is 51.2 Å². The molecule has 0 saturated carbocycles. The lowest BCUT2D eigenvalue weighted by atomic mass is 9.95. The van der Waals surface area contributed by atoms with Crippen LogP contribution in [0.25, 0.3) is 0 Å². The van der Waals surface area contributed by atoms with E-state index >= 15 is 0 Å². The first-order chi connectivity index (χ1) is 8.15. The number of carbonyl (C=O) groups excluding carboxylic acids is 1. The van der Waals surface area contributed by atoms with Crippen molar-refractivity contribution in [2.24, 2.45) is 17.6 Å². The molecule has 1 rings (SSSR count). The Morgan fingerprint density at radius 1 is 1.29 bits per heavy atom. The Balaban J connectivity index is 2.12. The molecular formula is C14H28N2O. The molecule has 1 fully saturated rings. The number of amides is 1. The van der Waals surface area contributed by atoms with Crippen LogP contribution in [0.5, 0.6) is 0 Å². The fourth-order valence-electron chi connectivity index (χ4n) is 2.49. The van der Waals surface area contributed by atoms with Crippen molar-refractivity contribution in [3.05, 3.63) is 0 Å². The number of hydrogen-bond donors (Lipinski definition) is 1. The van der Waals surface area contributed by atoms with E-state index in [1.807, 2.05) is 0 Å². The average molecular weight is 240 g/mol. The molecule has 0 aliphatic carbocycles. The minimum atomic E-state index is 0.362. The van der Waals surface area contributed by atoms with Gasteiger partial charge in [0.1, 0.15) is 0 Å². The van der Waals surface area contributed by atoms with Gasteiger partial charge in [0, 0.05) is 19.5 Å². The van der Waals surface area contributed by atoms with Crippen LogP contribution in [-0.4, -0.2) is 30.4 Å². The van der Waals surface area contributed by atoms with Gasteiger partial charge >= 0.3 is 0 Å². The van der Waals surface area contributed by atoms with Crippen molar-refractivity contribution in [3.8, 4) is 0 Å². The molecule has 0 spiro atoms. The monoisotopic (exact) mass is 240 g/mol. The molecule has 1 aliphatic heterocycles. The third-order valence-electron chi connectivity index (χ3n) is 3.86. The summed E-state index contributed by atoms with van der Waals surface area (Å²) in [7, 11) is 0. The lowest BCUT2D eigenvalue weighted by Crippen LogP contribution is -2.29. The topological polar surface area (TPSA) is 46.3 Å². The summed E-state index contributed by atoms with van der Waals surface area (Å²) in [6, 6.07) is 0. The second kappa shape index (κ2) is 7.70. The number of likely N-dealkylation sites (tertiary alicyclic amines) is 1. The van der Waals surface area contributed by atoms with Gasteiger partial charge in [-0.1, -0.05) is 26.7 Å². The van der Waals surface area contributed by atoms with Gasteiger partial charge in [-0.05, 0) is 37.6 Å². The van der Waals surface area contributed by atoms with Gasteiger partial charge in [-0.2, -0.15) is 0 Å². The molecule has 1 unspecified atom stereocenters. The van der Waals surface area contributed by atoms with Crippen molar-refractivity contribution < 1.29 is 4.79 Å². The molecule has 1 aliphatic rings. The van der Waals surface area contributed by atoms with Crippen molar-refractivity contribution in [2.75, 3.05) is 19.6 Å². The highest BCUT2D eigenvalue weighted by Crippen LogP contribution is 2.24. The van der Waals surface area contributed by atoms with Gasteiger partial charge in [0.05, 0.1) is 0 Å². The van der Waals surface area contributed by atoms with Crippen LogP contribution in [0, 0.1) is 11.8 Å². The van der Waals surface area contributed by atoms with Crippen LogP contribution in [0.3, 0.4) is 0 Å². The van der Waals surface area contributed by atoms with Crippen LogP contribution in [0.4, 0.5) is 0 Å². The van der Waals surface area contributed by atoms with Crippen LogP contribution in [0.15, 0.2) is 0 Å². The molecule has 17 heavy (non-hydrogen) atoms. The molecule has 1 amide bonds. The molecule has 2 N–H and O–H groups in total. The van der Waals surface area contributed by atoms with Gasteiger partial charge in [0.15, 0.2) is 0 Å². The molecule has 0 bridgehead atoms. The normalized spacial score (nSPS) is 20.2. The molecule has 3 heteroatoms. The first-order valence-corrected chi connectivity index (χ1v) is 7.13. The minimum absolute atomic E-state index is 0.362. The van der Waals surface area contributed by atoms with Gasteiger partial charge in [-0.15, -0.1) is 0 Å². The predicted octanol–water partition coefficient (Wildman–Crippen LogP) is 2.40. The van der Waals surface area contributed by atoms with E-state index < -0.39 is 0 Å². The Hall–Kier alpha value is -0.570. The Morgan fingerprint density at radius 2 is 2.00 bits per heavy atom. The Morgan fingerprint density at radius 3 is 2.59 bits per heavy atom. The Kier molecular flexibility index (Phi) is 6.56. The van der Waals surface area contributed by atoms with Gasteiger partial charge in [0.2, 0.25) is 5.91 Å². The summed E-state index contributed by atoms with van der Waals surface area (Å²) in [6.07, 6.45) is 6.35. The van der Waals surface area contributed by atoms with Gasteiger partial charge in [-0.3, -0.25) is 4.79 Å². The van der Waals surface area contributed by atoms with Crippen LogP contribution in [0.2, 0.25) is 0 Å². The molecule has 1 saturated heterocycles. The molecule has 0 radical (unpaired) electrons. The zero-order valence-corrected chi connectivity index (χ0v) is 11.5. The third kappa shape index (κ3) is 5.07. The van der Waals surface area contributed by atoms with Crippen LogP contribution in [-0.2, 0) is 4.79 Å². The van der Waals surface area contributed by atoms with Crippen molar-refractivity contribution in [2.45, 2.75) is 52.4 Å².